The van der Waals surface area contributed by atoms with Crippen molar-refractivity contribution in [1.82, 2.24) is 14.1 Å². The molecular formula is C23H29ClN4O3S. The predicted molar refractivity (Wildman–Crippen MR) is 127 cm³/mol. The van der Waals surface area contributed by atoms with Gasteiger partial charge in [0.2, 0.25) is 15.9 Å². The molecule has 0 bridgehead atoms. The van der Waals surface area contributed by atoms with Gasteiger partial charge in [-0.05, 0) is 29.8 Å². The SMILES string of the molecule is O=C(CN1CCN(c2ccc(Cl)cc2)CC1)N1CCN(S(=O)(=O)Cc2ccccc2)CC1. The molecule has 32 heavy (non-hydrogen) atoms. The molecule has 2 fully saturated rings. The quantitative estimate of drug-likeness (QED) is 0.639. The first-order valence-corrected chi connectivity index (χ1v) is 12.9. The summed E-state index contributed by atoms with van der Waals surface area (Å²) in [4.78, 5) is 19.1. The number of carbonyl (C=O) groups excluding carboxylic acids is 1. The van der Waals surface area contributed by atoms with E-state index in [9.17, 15) is 13.2 Å². The van der Waals surface area contributed by atoms with Crippen LogP contribution in [0.2, 0.25) is 5.02 Å². The van der Waals surface area contributed by atoms with E-state index in [1.807, 2.05) is 54.6 Å². The fourth-order valence-corrected chi connectivity index (χ4v) is 5.84. The molecular weight excluding hydrogens is 448 g/mol. The van der Waals surface area contributed by atoms with Crippen LogP contribution in [0.4, 0.5) is 5.69 Å². The van der Waals surface area contributed by atoms with Crippen LogP contribution in [-0.2, 0) is 20.6 Å². The smallest absolute Gasteiger partial charge is 0.236 e. The molecule has 2 aliphatic heterocycles. The van der Waals surface area contributed by atoms with Crippen LogP contribution >= 0.6 is 11.6 Å². The van der Waals surface area contributed by atoms with Crippen molar-refractivity contribution in [3.8, 4) is 0 Å². The van der Waals surface area contributed by atoms with Crippen molar-refractivity contribution in [2.24, 2.45) is 0 Å². The van der Waals surface area contributed by atoms with Crippen LogP contribution in [0.15, 0.2) is 54.6 Å². The van der Waals surface area contributed by atoms with Crippen molar-refractivity contribution in [2.75, 3.05) is 63.8 Å². The highest BCUT2D eigenvalue weighted by Gasteiger charge is 2.30. The number of piperazine rings is 2. The maximum Gasteiger partial charge on any atom is 0.236 e. The maximum absolute atomic E-state index is 12.8. The molecule has 4 rings (SSSR count). The van der Waals surface area contributed by atoms with E-state index >= 15 is 0 Å². The van der Waals surface area contributed by atoms with E-state index in [-0.39, 0.29) is 11.7 Å². The number of sulfonamides is 1. The topological polar surface area (TPSA) is 64.2 Å². The van der Waals surface area contributed by atoms with Gasteiger partial charge in [-0.1, -0.05) is 41.9 Å². The molecule has 1 amide bonds. The number of hydrogen-bond acceptors (Lipinski definition) is 5. The van der Waals surface area contributed by atoms with Gasteiger partial charge >= 0.3 is 0 Å². The standard InChI is InChI=1S/C23H29ClN4O3S/c24-21-6-8-22(9-7-21)26-12-10-25(11-13-26)18-23(29)27-14-16-28(17-15-27)32(30,31)19-20-4-2-1-3-5-20/h1-9H,10-19H2. The third-order valence-corrected chi connectivity index (χ3v) is 8.20. The number of benzene rings is 2. The zero-order valence-electron chi connectivity index (χ0n) is 18.1. The minimum absolute atomic E-state index is 0.000314. The summed E-state index contributed by atoms with van der Waals surface area (Å²) < 4.78 is 26.9. The van der Waals surface area contributed by atoms with Crippen molar-refractivity contribution in [3.05, 3.63) is 65.2 Å². The Morgan fingerprint density at radius 1 is 0.812 bits per heavy atom. The molecule has 2 heterocycles. The Kier molecular flexibility index (Phi) is 7.35. The average molecular weight is 477 g/mol. The lowest BCUT2D eigenvalue weighted by Gasteiger charge is -2.38. The van der Waals surface area contributed by atoms with Gasteiger partial charge in [-0.15, -0.1) is 0 Å². The first-order chi connectivity index (χ1) is 15.4. The third-order valence-electron chi connectivity index (χ3n) is 6.10. The summed E-state index contributed by atoms with van der Waals surface area (Å²) in [5, 5.41) is 0.728. The number of carbonyl (C=O) groups is 1. The van der Waals surface area contributed by atoms with Gasteiger partial charge in [0.15, 0.2) is 0 Å². The fourth-order valence-electron chi connectivity index (χ4n) is 4.20. The molecule has 0 N–H and O–H groups in total. The number of nitrogens with zero attached hydrogens (tertiary/aromatic N) is 4. The number of amides is 1. The molecule has 2 aromatic rings. The second-order valence-electron chi connectivity index (χ2n) is 8.26. The number of rotatable bonds is 6. The molecule has 2 aromatic carbocycles. The summed E-state index contributed by atoms with van der Waals surface area (Å²) in [5.41, 5.74) is 1.93. The van der Waals surface area contributed by atoms with Gasteiger partial charge in [-0.3, -0.25) is 9.69 Å². The number of anilines is 1. The lowest BCUT2D eigenvalue weighted by Crippen LogP contribution is -2.54. The molecule has 9 heteroatoms. The molecule has 0 radical (unpaired) electrons. The zero-order chi connectivity index (χ0) is 22.6. The van der Waals surface area contributed by atoms with E-state index in [0.29, 0.717) is 32.7 Å². The van der Waals surface area contributed by atoms with Gasteiger partial charge in [-0.25, -0.2) is 8.42 Å². The molecule has 0 aromatic heterocycles. The summed E-state index contributed by atoms with van der Waals surface area (Å²) in [6, 6.07) is 17.0. The lowest BCUT2D eigenvalue weighted by molar-refractivity contribution is -0.133. The lowest BCUT2D eigenvalue weighted by atomic mass is 10.2. The van der Waals surface area contributed by atoms with Crippen LogP contribution in [0.25, 0.3) is 0 Å². The monoisotopic (exact) mass is 476 g/mol. The van der Waals surface area contributed by atoms with Gasteiger partial charge in [0, 0.05) is 63.1 Å². The molecule has 2 aliphatic rings. The summed E-state index contributed by atoms with van der Waals surface area (Å²) in [5.74, 6) is 0.0738. The van der Waals surface area contributed by atoms with Crippen LogP contribution in [0.5, 0.6) is 0 Å². The summed E-state index contributed by atoms with van der Waals surface area (Å²) in [7, 11) is -3.38. The van der Waals surface area contributed by atoms with Crippen molar-refractivity contribution in [3.63, 3.8) is 0 Å². The summed E-state index contributed by atoms with van der Waals surface area (Å²) >= 11 is 5.97. The summed E-state index contributed by atoms with van der Waals surface area (Å²) in [6.45, 7) is 5.33. The molecule has 7 nitrogen and oxygen atoms in total. The Morgan fingerprint density at radius 2 is 1.44 bits per heavy atom. The second-order valence-corrected chi connectivity index (χ2v) is 10.7. The average Bonchev–Trinajstić information content (AvgIpc) is 2.81. The predicted octanol–water partition coefficient (Wildman–Crippen LogP) is 2.14. The Hall–Kier alpha value is -2.13. The number of hydrogen-bond donors (Lipinski definition) is 0. The van der Waals surface area contributed by atoms with Crippen LogP contribution < -0.4 is 4.90 Å². The van der Waals surface area contributed by atoms with E-state index in [1.165, 1.54) is 4.31 Å². The molecule has 0 atom stereocenters. The highest BCUT2D eigenvalue weighted by molar-refractivity contribution is 7.88. The Morgan fingerprint density at radius 3 is 2.06 bits per heavy atom. The van der Waals surface area contributed by atoms with E-state index in [1.54, 1.807) is 4.90 Å². The maximum atomic E-state index is 12.8. The van der Waals surface area contributed by atoms with Gasteiger partial charge in [0.05, 0.1) is 12.3 Å². The van der Waals surface area contributed by atoms with Crippen molar-refractivity contribution >= 4 is 33.2 Å². The summed E-state index contributed by atoms with van der Waals surface area (Å²) in [6.07, 6.45) is 0. The van der Waals surface area contributed by atoms with Gasteiger partial charge in [-0.2, -0.15) is 4.31 Å². The molecule has 0 saturated carbocycles. The van der Waals surface area contributed by atoms with E-state index in [2.05, 4.69) is 9.80 Å². The Bertz CT molecular complexity index is 1000. The minimum atomic E-state index is -3.38. The fraction of sp³-hybridized carbons (Fsp3) is 0.435. The van der Waals surface area contributed by atoms with Crippen LogP contribution in [0.1, 0.15) is 5.56 Å². The Labute approximate surface area is 195 Å². The van der Waals surface area contributed by atoms with E-state index < -0.39 is 10.0 Å². The first-order valence-electron chi connectivity index (χ1n) is 10.9. The highest BCUT2D eigenvalue weighted by Crippen LogP contribution is 2.20. The minimum Gasteiger partial charge on any atom is -0.369 e. The van der Waals surface area contributed by atoms with Crippen molar-refractivity contribution < 1.29 is 13.2 Å². The van der Waals surface area contributed by atoms with Crippen LogP contribution in [-0.4, -0.2) is 87.3 Å². The highest BCUT2D eigenvalue weighted by atomic mass is 35.5. The zero-order valence-corrected chi connectivity index (χ0v) is 19.6. The van der Waals surface area contributed by atoms with E-state index in [0.717, 1.165) is 42.5 Å². The van der Waals surface area contributed by atoms with Gasteiger partial charge < -0.3 is 9.80 Å². The van der Waals surface area contributed by atoms with Crippen LogP contribution in [0.3, 0.4) is 0 Å². The van der Waals surface area contributed by atoms with Crippen LogP contribution in [0, 0.1) is 0 Å². The van der Waals surface area contributed by atoms with Gasteiger partial charge in [0.1, 0.15) is 0 Å². The molecule has 0 unspecified atom stereocenters. The molecule has 0 aliphatic carbocycles. The first kappa shape index (κ1) is 23.0. The molecule has 2 saturated heterocycles. The molecule has 0 spiro atoms. The van der Waals surface area contributed by atoms with Crippen molar-refractivity contribution in [1.29, 1.82) is 0 Å². The third kappa shape index (κ3) is 5.81. The molecule has 172 valence electrons. The van der Waals surface area contributed by atoms with E-state index in [4.69, 9.17) is 11.6 Å². The van der Waals surface area contributed by atoms with Crippen molar-refractivity contribution in [2.45, 2.75) is 5.75 Å². The number of halogens is 1. The second kappa shape index (κ2) is 10.2. The Balaban J connectivity index is 1.22. The normalized spacial score (nSPS) is 18.7. The van der Waals surface area contributed by atoms with Gasteiger partial charge in [0.25, 0.3) is 0 Å². The largest absolute Gasteiger partial charge is 0.369 e.